The van der Waals surface area contributed by atoms with Crippen molar-refractivity contribution in [3.63, 3.8) is 0 Å². The van der Waals surface area contributed by atoms with Gasteiger partial charge < -0.3 is 4.90 Å². The second kappa shape index (κ2) is 5.85. The Kier molecular flexibility index (Phi) is 4.43. The highest BCUT2D eigenvalue weighted by Crippen LogP contribution is 2.32. The van der Waals surface area contributed by atoms with Crippen molar-refractivity contribution in [3.05, 3.63) is 0 Å². The largest absolute Gasteiger partial charge is 0.334 e. The lowest BCUT2D eigenvalue weighted by Crippen LogP contribution is -2.69. The molecule has 3 fully saturated rings. The molecule has 0 aromatic carbocycles. The summed E-state index contributed by atoms with van der Waals surface area (Å²) in [7, 11) is 0. The van der Waals surface area contributed by atoms with E-state index in [0.717, 1.165) is 13.1 Å². The summed E-state index contributed by atoms with van der Waals surface area (Å²) in [4.78, 5) is 16.0. The standard InChI is InChI=1S/C14H26N2O/c1-3-4-5-6-7-8-15-10-13-9-14(11-15)16(13)12(2)17/h13-14H,3-11H2,1-2H3. The summed E-state index contributed by atoms with van der Waals surface area (Å²) in [6.07, 6.45) is 8.03. The van der Waals surface area contributed by atoms with Gasteiger partial charge in [0, 0.05) is 32.1 Å². The number of unbranched alkanes of at least 4 members (excludes halogenated alkanes) is 4. The van der Waals surface area contributed by atoms with Crippen molar-refractivity contribution < 1.29 is 4.79 Å². The predicted octanol–water partition coefficient (Wildman–Crippen LogP) is 2.26. The average molecular weight is 238 g/mol. The van der Waals surface area contributed by atoms with Gasteiger partial charge in [0.1, 0.15) is 0 Å². The Morgan fingerprint density at radius 1 is 1.12 bits per heavy atom. The second-order valence-corrected chi connectivity index (χ2v) is 5.64. The van der Waals surface area contributed by atoms with Crippen molar-refractivity contribution in [1.82, 2.24) is 9.80 Å². The fraction of sp³-hybridized carbons (Fsp3) is 0.929. The zero-order valence-electron chi connectivity index (χ0n) is 11.3. The van der Waals surface area contributed by atoms with Crippen LogP contribution in [0.5, 0.6) is 0 Å². The summed E-state index contributed by atoms with van der Waals surface area (Å²) in [5.74, 6) is 0.272. The van der Waals surface area contributed by atoms with Crippen molar-refractivity contribution in [2.24, 2.45) is 0 Å². The third kappa shape index (κ3) is 3.01. The molecule has 3 aliphatic heterocycles. The molecule has 0 spiro atoms. The Bertz CT molecular complexity index is 255. The van der Waals surface area contributed by atoms with E-state index in [0.29, 0.717) is 12.1 Å². The van der Waals surface area contributed by atoms with Crippen molar-refractivity contribution in [1.29, 1.82) is 0 Å². The lowest BCUT2D eigenvalue weighted by Gasteiger charge is -2.56. The molecule has 0 aromatic rings. The van der Waals surface area contributed by atoms with Gasteiger partial charge in [-0.2, -0.15) is 0 Å². The third-order valence-electron chi connectivity index (χ3n) is 4.21. The maximum atomic E-state index is 11.4. The van der Waals surface area contributed by atoms with Crippen LogP contribution in [0.4, 0.5) is 0 Å². The van der Waals surface area contributed by atoms with Gasteiger partial charge in [-0.15, -0.1) is 0 Å². The number of nitrogens with zero attached hydrogens (tertiary/aromatic N) is 2. The zero-order valence-corrected chi connectivity index (χ0v) is 11.3. The normalized spacial score (nSPS) is 28.0. The Balaban J connectivity index is 1.62. The zero-order chi connectivity index (χ0) is 12.3. The van der Waals surface area contributed by atoms with Crippen LogP contribution in [-0.4, -0.2) is 47.4 Å². The summed E-state index contributed by atoms with van der Waals surface area (Å²) in [6, 6.07) is 1.06. The third-order valence-corrected chi connectivity index (χ3v) is 4.21. The van der Waals surface area contributed by atoms with E-state index in [9.17, 15) is 4.79 Å². The number of carbonyl (C=O) groups is 1. The van der Waals surface area contributed by atoms with E-state index >= 15 is 0 Å². The lowest BCUT2D eigenvalue weighted by molar-refractivity contribution is -0.151. The molecule has 3 rings (SSSR count). The highest BCUT2D eigenvalue weighted by molar-refractivity contribution is 5.75. The molecule has 0 radical (unpaired) electrons. The highest BCUT2D eigenvalue weighted by Gasteiger charge is 2.45. The van der Waals surface area contributed by atoms with Crippen LogP contribution in [-0.2, 0) is 4.79 Å². The van der Waals surface area contributed by atoms with E-state index < -0.39 is 0 Å². The molecule has 0 aromatic heterocycles. The molecule has 2 bridgehead atoms. The van der Waals surface area contributed by atoms with E-state index in [1.165, 1.54) is 45.1 Å². The summed E-state index contributed by atoms with van der Waals surface area (Å²) in [6.45, 7) is 7.43. The minimum atomic E-state index is 0.272. The second-order valence-electron chi connectivity index (χ2n) is 5.64. The van der Waals surface area contributed by atoms with Gasteiger partial charge in [0.05, 0.1) is 0 Å². The predicted molar refractivity (Wildman–Crippen MR) is 69.9 cm³/mol. The molecular weight excluding hydrogens is 212 g/mol. The number of fused-ring (bicyclic) bond motifs is 2. The van der Waals surface area contributed by atoms with Crippen LogP contribution >= 0.6 is 0 Å². The van der Waals surface area contributed by atoms with Crippen molar-refractivity contribution in [2.45, 2.75) is 64.5 Å². The number of amides is 1. The first kappa shape index (κ1) is 12.9. The molecule has 2 unspecified atom stereocenters. The number of piperazine rings is 1. The molecule has 17 heavy (non-hydrogen) atoms. The number of rotatable bonds is 6. The van der Waals surface area contributed by atoms with Crippen LogP contribution in [0.1, 0.15) is 52.4 Å². The number of piperidine rings is 1. The van der Waals surface area contributed by atoms with Crippen LogP contribution in [0.25, 0.3) is 0 Å². The van der Waals surface area contributed by atoms with Crippen molar-refractivity contribution in [3.8, 4) is 0 Å². The van der Waals surface area contributed by atoms with E-state index in [-0.39, 0.29) is 5.91 Å². The van der Waals surface area contributed by atoms with Crippen LogP contribution < -0.4 is 0 Å². The Hall–Kier alpha value is -0.570. The van der Waals surface area contributed by atoms with Crippen molar-refractivity contribution in [2.75, 3.05) is 19.6 Å². The minimum absolute atomic E-state index is 0.272. The molecule has 3 saturated heterocycles. The molecule has 3 heteroatoms. The fourth-order valence-electron chi connectivity index (χ4n) is 3.33. The van der Waals surface area contributed by atoms with Gasteiger partial charge in [-0.3, -0.25) is 9.69 Å². The molecular formula is C14H26N2O. The van der Waals surface area contributed by atoms with Gasteiger partial charge >= 0.3 is 0 Å². The topological polar surface area (TPSA) is 23.6 Å². The van der Waals surface area contributed by atoms with E-state index in [1.807, 2.05) is 0 Å². The lowest BCUT2D eigenvalue weighted by atomic mass is 9.87. The van der Waals surface area contributed by atoms with Gasteiger partial charge in [-0.05, 0) is 19.4 Å². The van der Waals surface area contributed by atoms with Crippen LogP contribution in [0.2, 0.25) is 0 Å². The molecule has 2 atom stereocenters. The number of hydrogen-bond donors (Lipinski definition) is 0. The van der Waals surface area contributed by atoms with E-state index in [4.69, 9.17) is 0 Å². The molecule has 3 aliphatic rings. The quantitative estimate of drug-likeness (QED) is 0.663. The number of carbonyl (C=O) groups excluding carboxylic acids is 1. The number of hydrogen-bond acceptors (Lipinski definition) is 2. The maximum absolute atomic E-state index is 11.4. The van der Waals surface area contributed by atoms with Gasteiger partial charge in [-0.1, -0.05) is 32.6 Å². The first-order valence-electron chi connectivity index (χ1n) is 7.23. The first-order valence-corrected chi connectivity index (χ1v) is 7.23. The van der Waals surface area contributed by atoms with Crippen LogP contribution in [0.3, 0.4) is 0 Å². The smallest absolute Gasteiger partial charge is 0.220 e. The fourth-order valence-corrected chi connectivity index (χ4v) is 3.33. The summed E-state index contributed by atoms with van der Waals surface area (Å²) in [5.41, 5.74) is 0. The van der Waals surface area contributed by atoms with Crippen molar-refractivity contribution >= 4 is 5.91 Å². The first-order chi connectivity index (χ1) is 8.22. The van der Waals surface area contributed by atoms with Crippen LogP contribution in [0.15, 0.2) is 0 Å². The molecule has 0 aliphatic carbocycles. The SMILES string of the molecule is CCCCCCCN1CC2CC(C1)N2C(C)=O. The Morgan fingerprint density at radius 2 is 1.76 bits per heavy atom. The van der Waals surface area contributed by atoms with Gasteiger partial charge in [-0.25, -0.2) is 0 Å². The summed E-state index contributed by atoms with van der Waals surface area (Å²) >= 11 is 0. The Morgan fingerprint density at radius 3 is 2.35 bits per heavy atom. The summed E-state index contributed by atoms with van der Waals surface area (Å²) < 4.78 is 0. The van der Waals surface area contributed by atoms with Gasteiger partial charge in [0.2, 0.25) is 5.91 Å². The molecule has 1 amide bonds. The van der Waals surface area contributed by atoms with Gasteiger partial charge in [0.25, 0.3) is 0 Å². The maximum Gasteiger partial charge on any atom is 0.220 e. The molecule has 98 valence electrons. The molecule has 0 saturated carbocycles. The van der Waals surface area contributed by atoms with E-state index in [2.05, 4.69) is 16.7 Å². The summed E-state index contributed by atoms with van der Waals surface area (Å²) in [5, 5.41) is 0. The molecule has 0 N–H and O–H groups in total. The molecule has 3 heterocycles. The highest BCUT2D eigenvalue weighted by atomic mass is 16.2. The van der Waals surface area contributed by atoms with E-state index in [1.54, 1.807) is 6.92 Å². The monoisotopic (exact) mass is 238 g/mol. The molecule has 3 nitrogen and oxygen atoms in total. The van der Waals surface area contributed by atoms with Crippen LogP contribution in [0, 0.1) is 0 Å². The Labute approximate surface area is 105 Å². The van der Waals surface area contributed by atoms with Gasteiger partial charge in [0.15, 0.2) is 0 Å². The average Bonchev–Trinajstić information content (AvgIpc) is 2.28. The minimum Gasteiger partial charge on any atom is -0.334 e.